The van der Waals surface area contributed by atoms with E-state index in [1.165, 1.54) is 0 Å². The van der Waals surface area contributed by atoms with Gasteiger partial charge in [0.05, 0.1) is 35.8 Å². The monoisotopic (exact) mass is 333 g/mol. The topological polar surface area (TPSA) is 73.2 Å². The number of aryl methyl sites for hydroxylation is 1. The highest BCUT2D eigenvalue weighted by molar-refractivity contribution is 6.31. The molecule has 0 spiro atoms. The van der Waals surface area contributed by atoms with Crippen LogP contribution in [0.25, 0.3) is 0 Å². The van der Waals surface area contributed by atoms with Crippen LogP contribution >= 0.6 is 11.6 Å². The molecule has 6 nitrogen and oxygen atoms in total. The molecule has 120 valence electrons. The minimum absolute atomic E-state index is 0.249. The van der Waals surface area contributed by atoms with Crippen LogP contribution in [0.1, 0.15) is 33.5 Å². The summed E-state index contributed by atoms with van der Waals surface area (Å²) in [5.41, 5.74) is 1.64. The predicted octanol–water partition coefficient (Wildman–Crippen LogP) is 3.32. The van der Waals surface area contributed by atoms with Gasteiger partial charge in [-0.15, -0.1) is 0 Å². The zero-order chi connectivity index (χ0) is 16.4. The van der Waals surface area contributed by atoms with E-state index in [1.54, 1.807) is 35.2 Å². The van der Waals surface area contributed by atoms with Gasteiger partial charge in [-0.3, -0.25) is 9.48 Å². The van der Waals surface area contributed by atoms with Crippen LogP contribution in [0.2, 0.25) is 5.02 Å². The van der Waals surface area contributed by atoms with Crippen molar-refractivity contribution in [2.75, 3.05) is 0 Å². The standard InChI is InChI=1S/C16H16ClN3O3/c1-10-15(17)11(2)20(19-10)9-13-5-6-14(23-13)16(21)18-8-12-4-3-7-22-12/h3-7H,8-9H2,1-2H3,(H,18,21). The highest BCUT2D eigenvalue weighted by atomic mass is 35.5. The first kappa shape index (κ1) is 15.4. The first-order valence-corrected chi connectivity index (χ1v) is 7.51. The first-order chi connectivity index (χ1) is 11.0. The van der Waals surface area contributed by atoms with Gasteiger partial charge in [-0.05, 0) is 38.1 Å². The summed E-state index contributed by atoms with van der Waals surface area (Å²) in [6, 6.07) is 6.96. The van der Waals surface area contributed by atoms with Gasteiger partial charge >= 0.3 is 0 Å². The number of nitrogens with one attached hydrogen (secondary N) is 1. The molecule has 7 heteroatoms. The lowest BCUT2D eigenvalue weighted by Crippen LogP contribution is -2.21. The van der Waals surface area contributed by atoms with Crippen LogP contribution in [-0.4, -0.2) is 15.7 Å². The second-order valence-corrected chi connectivity index (χ2v) is 5.55. The van der Waals surface area contributed by atoms with E-state index in [4.69, 9.17) is 20.4 Å². The molecule has 3 heterocycles. The number of rotatable bonds is 5. The van der Waals surface area contributed by atoms with Gasteiger partial charge < -0.3 is 14.2 Å². The van der Waals surface area contributed by atoms with E-state index in [-0.39, 0.29) is 11.7 Å². The van der Waals surface area contributed by atoms with Crippen molar-refractivity contribution < 1.29 is 13.6 Å². The van der Waals surface area contributed by atoms with E-state index >= 15 is 0 Å². The summed E-state index contributed by atoms with van der Waals surface area (Å²) in [4.78, 5) is 12.0. The number of furan rings is 2. The molecule has 0 aromatic carbocycles. The average Bonchev–Trinajstić information content (AvgIpc) is 3.25. The number of hydrogen-bond donors (Lipinski definition) is 1. The number of aromatic nitrogens is 2. The number of hydrogen-bond acceptors (Lipinski definition) is 4. The molecule has 0 aliphatic heterocycles. The summed E-state index contributed by atoms with van der Waals surface area (Å²) in [5.74, 6) is 1.27. The van der Waals surface area contributed by atoms with Gasteiger partial charge in [0, 0.05) is 0 Å². The second-order valence-electron chi connectivity index (χ2n) is 5.17. The van der Waals surface area contributed by atoms with Crippen LogP contribution in [-0.2, 0) is 13.1 Å². The molecule has 23 heavy (non-hydrogen) atoms. The van der Waals surface area contributed by atoms with Crippen molar-refractivity contribution in [1.82, 2.24) is 15.1 Å². The molecule has 0 unspecified atom stereocenters. The second kappa shape index (κ2) is 6.34. The van der Waals surface area contributed by atoms with Crippen molar-refractivity contribution in [1.29, 1.82) is 0 Å². The van der Waals surface area contributed by atoms with Crippen molar-refractivity contribution in [3.63, 3.8) is 0 Å². The van der Waals surface area contributed by atoms with E-state index in [1.807, 2.05) is 13.8 Å². The number of nitrogens with zero attached hydrogens (tertiary/aromatic N) is 2. The molecule has 0 aliphatic carbocycles. The minimum Gasteiger partial charge on any atom is -0.467 e. The highest BCUT2D eigenvalue weighted by Crippen LogP contribution is 2.20. The third kappa shape index (κ3) is 3.32. The Morgan fingerprint density at radius 2 is 2.13 bits per heavy atom. The largest absolute Gasteiger partial charge is 0.467 e. The van der Waals surface area contributed by atoms with Crippen molar-refractivity contribution in [2.45, 2.75) is 26.9 Å². The Bertz CT molecular complexity index is 818. The molecule has 0 bridgehead atoms. The summed E-state index contributed by atoms with van der Waals surface area (Å²) in [7, 11) is 0. The van der Waals surface area contributed by atoms with E-state index in [0.717, 1.165) is 11.4 Å². The van der Waals surface area contributed by atoms with E-state index < -0.39 is 0 Å². The Kier molecular flexibility index (Phi) is 4.25. The third-order valence-electron chi connectivity index (χ3n) is 3.49. The van der Waals surface area contributed by atoms with Gasteiger partial charge in [0.15, 0.2) is 5.76 Å². The quantitative estimate of drug-likeness (QED) is 0.777. The molecular formula is C16H16ClN3O3. The number of amides is 1. The molecule has 0 fully saturated rings. The molecule has 3 rings (SSSR count). The van der Waals surface area contributed by atoms with Crippen LogP contribution in [0.15, 0.2) is 39.4 Å². The summed E-state index contributed by atoms with van der Waals surface area (Å²) < 4.78 is 12.5. The fraction of sp³-hybridized carbons (Fsp3) is 0.250. The molecule has 1 N–H and O–H groups in total. The van der Waals surface area contributed by atoms with Gasteiger partial charge in [-0.25, -0.2) is 0 Å². The van der Waals surface area contributed by atoms with Crippen molar-refractivity contribution in [3.8, 4) is 0 Å². The fourth-order valence-corrected chi connectivity index (χ4v) is 2.36. The Morgan fingerprint density at radius 1 is 1.30 bits per heavy atom. The third-order valence-corrected chi connectivity index (χ3v) is 4.03. The van der Waals surface area contributed by atoms with Crippen LogP contribution in [0.3, 0.4) is 0 Å². The Morgan fingerprint density at radius 3 is 2.78 bits per heavy atom. The first-order valence-electron chi connectivity index (χ1n) is 7.13. The lowest BCUT2D eigenvalue weighted by molar-refractivity contribution is 0.0918. The van der Waals surface area contributed by atoms with Crippen LogP contribution in [0, 0.1) is 13.8 Å². The molecule has 3 aromatic heterocycles. The maximum Gasteiger partial charge on any atom is 0.287 e. The molecule has 0 aliphatic rings. The molecular weight excluding hydrogens is 318 g/mol. The summed E-state index contributed by atoms with van der Waals surface area (Å²) >= 11 is 6.12. The number of halogens is 1. The Labute approximate surface area is 138 Å². The maximum atomic E-state index is 12.0. The summed E-state index contributed by atoms with van der Waals surface area (Å²) in [6.45, 7) is 4.48. The van der Waals surface area contributed by atoms with E-state index in [9.17, 15) is 4.79 Å². The Hall–Kier alpha value is -2.47. The van der Waals surface area contributed by atoms with Crippen molar-refractivity contribution in [3.05, 3.63) is 64.2 Å². The normalized spacial score (nSPS) is 10.9. The minimum atomic E-state index is -0.293. The predicted molar refractivity (Wildman–Crippen MR) is 84.4 cm³/mol. The van der Waals surface area contributed by atoms with Crippen LogP contribution in [0.5, 0.6) is 0 Å². The van der Waals surface area contributed by atoms with Gasteiger partial charge in [-0.2, -0.15) is 5.10 Å². The molecule has 0 atom stereocenters. The fourth-order valence-electron chi connectivity index (χ4n) is 2.23. The van der Waals surface area contributed by atoms with Gasteiger partial charge in [-0.1, -0.05) is 11.6 Å². The number of carbonyl (C=O) groups is 1. The van der Waals surface area contributed by atoms with Gasteiger partial charge in [0.1, 0.15) is 11.5 Å². The molecule has 0 saturated carbocycles. The Balaban J connectivity index is 1.65. The van der Waals surface area contributed by atoms with Crippen molar-refractivity contribution >= 4 is 17.5 Å². The summed E-state index contributed by atoms with van der Waals surface area (Å²) in [5, 5.41) is 7.72. The van der Waals surface area contributed by atoms with E-state index in [0.29, 0.717) is 29.6 Å². The SMILES string of the molecule is Cc1nn(Cc2ccc(C(=O)NCc3ccco3)o2)c(C)c1Cl. The lowest BCUT2D eigenvalue weighted by atomic mass is 10.3. The molecule has 0 radical (unpaired) electrons. The molecule has 0 saturated heterocycles. The molecule has 3 aromatic rings. The van der Waals surface area contributed by atoms with Gasteiger partial charge in [0.2, 0.25) is 0 Å². The smallest absolute Gasteiger partial charge is 0.287 e. The maximum absolute atomic E-state index is 12.0. The average molecular weight is 334 g/mol. The van der Waals surface area contributed by atoms with Crippen molar-refractivity contribution in [2.24, 2.45) is 0 Å². The lowest BCUT2D eigenvalue weighted by Gasteiger charge is -2.02. The summed E-state index contributed by atoms with van der Waals surface area (Å²) in [6.07, 6.45) is 1.56. The highest BCUT2D eigenvalue weighted by Gasteiger charge is 2.14. The molecule has 1 amide bonds. The zero-order valence-electron chi connectivity index (χ0n) is 12.8. The van der Waals surface area contributed by atoms with Crippen LogP contribution in [0.4, 0.5) is 0 Å². The van der Waals surface area contributed by atoms with Crippen LogP contribution < -0.4 is 5.32 Å². The number of carbonyl (C=O) groups excluding carboxylic acids is 1. The van der Waals surface area contributed by atoms with Gasteiger partial charge in [0.25, 0.3) is 5.91 Å². The van der Waals surface area contributed by atoms with E-state index in [2.05, 4.69) is 10.4 Å². The zero-order valence-corrected chi connectivity index (χ0v) is 13.6.